The molecule has 1 aliphatic rings. The van der Waals surface area contributed by atoms with Crippen molar-refractivity contribution in [1.82, 2.24) is 24.8 Å². The van der Waals surface area contributed by atoms with Crippen molar-refractivity contribution < 1.29 is 0 Å². The number of imidazole rings is 1. The van der Waals surface area contributed by atoms with Crippen molar-refractivity contribution in [3.8, 4) is 0 Å². The van der Waals surface area contributed by atoms with Crippen LogP contribution in [0.15, 0.2) is 48.9 Å². The predicted molar refractivity (Wildman–Crippen MR) is 91.0 cm³/mol. The molecule has 1 N–H and O–H groups in total. The van der Waals surface area contributed by atoms with E-state index in [4.69, 9.17) is 0 Å². The van der Waals surface area contributed by atoms with E-state index in [1.165, 1.54) is 10.9 Å². The van der Waals surface area contributed by atoms with Gasteiger partial charge in [0.1, 0.15) is 5.82 Å². The summed E-state index contributed by atoms with van der Waals surface area (Å²) in [7, 11) is 2.06. The van der Waals surface area contributed by atoms with Gasteiger partial charge in [0.2, 0.25) is 0 Å². The van der Waals surface area contributed by atoms with E-state index >= 15 is 0 Å². The molecule has 2 aromatic heterocycles. The zero-order chi connectivity index (χ0) is 15.6. The molecule has 1 fully saturated rings. The summed E-state index contributed by atoms with van der Waals surface area (Å²) in [5, 5.41) is 4.69. The number of hydrogen-bond donors (Lipinski definition) is 1. The number of para-hydroxylation sites is 1. The third kappa shape index (κ3) is 2.85. The van der Waals surface area contributed by atoms with E-state index < -0.39 is 0 Å². The van der Waals surface area contributed by atoms with Crippen LogP contribution < -0.4 is 5.32 Å². The lowest BCUT2D eigenvalue weighted by atomic mass is 10.1. The van der Waals surface area contributed by atoms with Crippen LogP contribution in [0.25, 0.3) is 10.9 Å². The zero-order valence-electron chi connectivity index (χ0n) is 13.3. The first-order chi connectivity index (χ1) is 11.3. The summed E-state index contributed by atoms with van der Waals surface area (Å²) in [5.74, 6) is 1.12. The van der Waals surface area contributed by atoms with Crippen molar-refractivity contribution in [2.75, 3.05) is 19.6 Å². The average molecular weight is 307 g/mol. The Labute approximate surface area is 136 Å². The highest BCUT2D eigenvalue weighted by molar-refractivity contribution is 5.78. The van der Waals surface area contributed by atoms with Crippen molar-refractivity contribution in [3.05, 3.63) is 60.3 Å². The van der Waals surface area contributed by atoms with Gasteiger partial charge < -0.3 is 9.88 Å². The molecule has 1 unspecified atom stereocenters. The first-order valence-corrected chi connectivity index (χ1v) is 8.07. The van der Waals surface area contributed by atoms with Crippen molar-refractivity contribution in [2.24, 2.45) is 7.05 Å². The van der Waals surface area contributed by atoms with E-state index in [1.807, 2.05) is 24.7 Å². The van der Waals surface area contributed by atoms with Crippen molar-refractivity contribution >= 4 is 10.9 Å². The van der Waals surface area contributed by atoms with Gasteiger partial charge in [-0.15, -0.1) is 0 Å². The molecule has 1 atom stereocenters. The molecule has 3 heterocycles. The molecule has 0 aliphatic carbocycles. The van der Waals surface area contributed by atoms with Gasteiger partial charge in [0.25, 0.3) is 0 Å². The lowest BCUT2D eigenvalue weighted by Crippen LogP contribution is -2.46. The Hall–Kier alpha value is -2.24. The number of pyridine rings is 1. The maximum Gasteiger partial charge on any atom is 0.127 e. The third-order valence-corrected chi connectivity index (χ3v) is 4.54. The smallest absolute Gasteiger partial charge is 0.127 e. The summed E-state index contributed by atoms with van der Waals surface area (Å²) in [5.41, 5.74) is 2.31. The van der Waals surface area contributed by atoms with Crippen LogP contribution in [0.3, 0.4) is 0 Å². The number of nitrogens with one attached hydrogen (secondary N) is 1. The fourth-order valence-electron chi connectivity index (χ4n) is 3.33. The predicted octanol–water partition coefficient (Wildman–Crippen LogP) is 2.11. The van der Waals surface area contributed by atoms with Gasteiger partial charge in [0.15, 0.2) is 0 Å². The van der Waals surface area contributed by atoms with Gasteiger partial charge in [0, 0.05) is 57.2 Å². The van der Waals surface area contributed by atoms with Gasteiger partial charge in [-0.2, -0.15) is 0 Å². The lowest BCUT2D eigenvalue weighted by molar-refractivity contribution is 0.144. The van der Waals surface area contributed by atoms with Crippen LogP contribution in [0.2, 0.25) is 0 Å². The van der Waals surface area contributed by atoms with E-state index in [0.717, 1.165) is 37.5 Å². The molecule has 23 heavy (non-hydrogen) atoms. The number of nitrogens with zero attached hydrogens (tertiary/aromatic N) is 4. The molecule has 1 aliphatic heterocycles. The number of aryl methyl sites for hydroxylation is 1. The molecule has 0 radical (unpaired) electrons. The van der Waals surface area contributed by atoms with Gasteiger partial charge >= 0.3 is 0 Å². The van der Waals surface area contributed by atoms with E-state index in [0.29, 0.717) is 6.04 Å². The summed E-state index contributed by atoms with van der Waals surface area (Å²) < 4.78 is 2.11. The van der Waals surface area contributed by atoms with Crippen molar-refractivity contribution in [1.29, 1.82) is 0 Å². The monoisotopic (exact) mass is 307 g/mol. The van der Waals surface area contributed by atoms with Crippen LogP contribution >= 0.6 is 0 Å². The molecule has 0 spiro atoms. The molecule has 3 aromatic rings. The second-order valence-electron chi connectivity index (χ2n) is 6.12. The summed E-state index contributed by atoms with van der Waals surface area (Å²) in [4.78, 5) is 11.6. The maximum atomic E-state index is 4.59. The molecule has 0 bridgehead atoms. The number of piperazine rings is 1. The Morgan fingerprint density at radius 2 is 2.17 bits per heavy atom. The molecule has 4 rings (SSSR count). The standard InChI is InChI=1S/C18H21N5/c1-22-8-7-20-18(22)17-12-19-6-9-23(17)13-14-10-15-4-2-3-5-16(15)21-11-14/h2-5,7-8,10-11,17,19H,6,9,12-13H2,1H3. The van der Waals surface area contributed by atoms with Crippen LogP contribution in [0.5, 0.6) is 0 Å². The van der Waals surface area contributed by atoms with Crippen LogP contribution in [-0.2, 0) is 13.6 Å². The Morgan fingerprint density at radius 1 is 1.26 bits per heavy atom. The minimum absolute atomic E-state index is 0.301. The first kappa shape index (κ1) is 14.4. The summed E-state index contributed by atoms with van der Waals surface area (Å²) in [6.07, 6.45) is 5.89. The Bertz CT molecular complexity index is 810. The van der Waals surface area contributed by atoms with E-state index in [9.17, 15) is 0 Å². The fraction of sp³-hybridized carbons (Fsp3) is 0.333. The van der Waals surface area contributed by atoms with Crippen LogP contribution in [0, 0.1) is 0 Å². The molecule has 118 valence electrons. The highest BCUT2D eigenvalue weighted by Crippen LogP contribution is 2.23. The highest BCUT2D eigenvalue weighted by atomic mass is 15.3. The number of hydrogen-bond acceptors (Lipinski definition) is 4. The molecule has 0 amide bonds. The zero-order valence-corrected chi connectivity index (χ0v) is 13.3. The average Bonchev–Trinajstić information content (AvgIpc) is 3.01. The van der Waals surface area contributed by atoms with E-state index in [2.05, 4.69) is 56.1 Å². The van der Waals surface area contributed by atoms with Gasteiger partial charge in [-0.1, -0.05) is 18.2 Å². The summed E-state index contributed by atoms with van der Waals surface area (Å²) in [6.45, 7) is 3.87. The topological polar surface area (TPSA) is 46.0 Å². The van der Waals surface area contributed by atoms with Gasteiger partial charge in [-0.05, 0) is 17.7 Å². The Balaban J connectivity index is 1.61. The second kappa shape index (κ2) is 6.10. The Kier molecular flexibility index (Phi) is 3.81. The van der Waals surface area contributed by atoms with Gasteiger partial charge in [-0.25, -0.2) is 4.98 Å². The molecular weight excluding hydrogens is 286 g/mol. The van der Waals surface area contributed by atoms with Crippen LogP contribution in [0.1, 0.15) is 17.4 Å². The van der Waals surface area contributed by atoms with Crippen molar-refractivity contribution in [3.63, 3.8) is 0 Å². The second-order valence-corrected chi connectivity index (χ2v) is 6.12. The Morgan fingerprint density at radius 3 is 3.04 bits per heavy atom. The largest absolute Gasteiger partial charge is 0.337 e. The minimum atomic E-state index is 0.301. The van der Waals surface area contributed by atoms with Crippen LogP contribution in [0.4, 0.5) is 0 Å². The lowest BCUT2D eigenvalue weighted by Gasteiger charge is -2.35. The molecule has 5 heteroatoms. The third-order valence-electron chi connectivity index (χ3n) is 4.54. The number of fused-ring (bicyclic) bond motifs is 1. The quantitative estimate of drug-likeness (QED) is 0.805. The molecular formula is C18H21N5. The summed E-state index contributed by atoms with van der Waals surface area (Å²) >= 11 is 0. The number of aromatic nitrogens is 3. The summed E-state index contributed by atoms with van der Waals surface area (Å²) in [6, 6.07) is 10.8. The van der Waals surface area contributed by atoms with E-state index in [1.54, 1.807) is 0 Å². The maximum absolute atomic E-state index is 4.59. The SMILES string of the molecule is Cn1ccnc1C1CNCCN1Cc1cnc2ccccc2c1. The number of benzene rings is 1. The van der Waals surface area contributed by atoms with Gasteiger partial charge in [-0.3, -0.25) is 9.88 Å². The molecule has 1 aromatic carbocycles. The van der Waals surface area contributed by atoms with Crippen molar-refractivity contribution in [2.45, 2.75) is 12.6 Å². The fourth-order valence-corrected chi connectivity index (χ4v) is 3.33. The minimum Gasteiger partial charge on any atom is -0.337 e. The van der Waals surface area contributed by atoms with Gasteiger partial charge in [0.05, 0.1) is 11.6 Å². The van der Waals surface area contributed by atoms with Crippen LogP contribution in [-0.4, -0.2) is 39.1 Å². The molecule has 5 nitrogen and oxygen atoms in total. The first-order valence-electron chi connectivity index (χ1n) is 8.07. The number of rotatable bonds is 3. The molecule has 1 saturated heterocycles. The normalized spacial score (nSPS) is 19.3. The molecule has 0 saturated carbocycles. The highest BCUT2D eigenvalue weighted by Gasteiger charge is 2.26. The van der Waals surface area contributed by atoms with E-state index in [-0.39, 0.29) is 0 Å².